The number of hydrogen-bond acceptors (Lipinski definition) is 5. The van der Waals surface area contributed by atoms with E-state index in [0.29, 0.717) is 35.8 Å². The number of aryl methyl sites for hydroxylation is 2. The van der Waals surface area contributed by atoms with E-state index < -0.39 is 17.8 Å². The van der Waals surface area contributed by atoms with Gasteiger partial charge in [0.05, 0.1) is 12.8 Å². The molecule has 3 aromatic rings. The zero-order valence-corrected chi connectivity index (χ0v) is 21.0. The average molecular weight is 497 g/mol. The van der Waals surface area contributed by atoms with E-state index in [1.165, 1.54) is 13.2 Å². The van der Waals surface area contributed by atoms with Crippen LogP contribution < -0.4 is 19.7 Å². The summed E-state index contributed by atoms with van der Waals surface area (Å²) >= 11 is 0. The molecule has 1 aliphatic heterocycles. The minimum Gasteiger partial charge on any atom is -0.493 e. The number of urea groups is 1. The molecule has 1 fully saturated rings. The number of nitrogens with zero attached hydrogens (tertiary/aromatic N) is 1. The van der Waals surface area contributed by atoms with E-state index in [4.69, 9.17) is 9.47 Å². The van der Waals surface area contributed by atoms with Gasteiger partial charge in [0, 0.05) is 5.56 Å². The number of carbonyl (C=O) groups excluding carboxylic acids is 3. The Balaban J connectivity index is 1.70. The molecule has 188 valence electrons. The minimum atomic E-state index is -0.786. The molecule has 7 heteroatoms. The van der Waals surface area contributed by atoms with Crippen molar-refractivity contribution in [1.29, 1.82) is 0 Å². The minimum absolute atomic E-state index is 0.164. The maximum Gasteiger partial charge on any atom is 0.335 e. The molecule has 0 aliphatic carbocycles. The number of imide groups is 2. The quantitative estimate of drug-likeness (QED) is 0.260. The van der Waals surface area contributed by atoms with Crippen molar-refractivity contribution in [2.24, 2.45) is 0 Å². The van der Waals surface area contributed by atoms with Gasteiger partial charge >= 0.3 is 6.03 Å². The monoisotopic (exact) mass is 496 g/mol. The van der Waals surface area contributed by atoms with E-state index in [1.54, 1.807) is 37.3 Å². The maximum absolute atomic E-state index is 13.3. The zero-order chi connectivity index (χ0) is 26.5. The molecule has 7 nitrogen and oxygen atoms in total. The maximum atomic E-state index is 13.3. The molecule has 1 aliphatic rings. The third-order valence-electron chi connectivity index (χ3n) is 6.01. The van der Waals surface area contributed by atoms with E-state index in [9.17, 15) is 14.4 Å². The van der Waals surface area contributed by atoms with Gasteiger partial charge in [0.2, 0.25) is 0 Å². The van der Waals surface area contributed by atoms with Crippen LogP contribution in [0.3, 0.4) is 0 Å². The van der Waals surface area contributed by atoms with Crippen LogP contribution in [0.15, 0.2) is 78.9 Å². The Kier molecular flexibility index (Phi) is 7.53. The molecule has 0 atom stereocenters. The Labute approximate surface area is 216 Å². The Hall–Kier alpha value is -4.65. The van der Waals surface area contributed by atoms with E-state index in [1.807, 2.05) is 43.3 Å². The highest BCUT2D eigenvalue weighted by Crippen LogP contribution is 2.35. The number of methoxy groups -OCH3 is 1. The predicted octanol–water partition coefficient (Wildman–Crippen LogP) is 5.29. The number of nitrogens with one attached hydrogen (secondary N) is 1. The van der Waals surface area contributed by atoms with Gasteiger partial charge < -0.3 is 9.47 Å². The number of allylic oxidation sites excluding steroid dienone is 1. The van der Waals surface area contributed by atoms with Crippen LogP contribution in [0.1, 0.15) is 27.8 Å². The van der Waals surface area contributed by atoms with Crippen LogP contribution in [0.5, 0.6) is 11.5 Å². The molecule has 0 spiro atoms. The molecule has 4 amide bonds. The first-order valence-electron chi connectivity index (χ1n) is 11.8. The number of para-hydroxylation sites is 1. The summed E-state index contributed by atoms with van der Waals surface area (Å²) in [4.78, 5) is 39.5. The average Bonchev–Trinajstić information content (AvgIpc) is 2.88. The standard InChI is InChI=1S/C30H28N2O5/c1-5-8-23-15-22(17-26(36-4)27(23)37-18-21-13-11-19(2)12-14-21)16-24-28(33)31-30(35)32(29(24)34)25-10-7-6-9-20(25)3/h5-7,9-17H,1,8,18H2,2-4H3,(H,31,33,35)/b24-16+. The lowest BCUT2D eigenvalue weighted by Crippen LogP contribution is -2.54. The molecule has 0 aromatic heterocycles. The molecular formula is C30H28N2O5. The first kappa shape index (κ1) is 25.4. The molecule has 3 aromatic carbocycles. The molecule has 4 rings (SSSR count). The molecule has 0 radical (unpaired) electrons. The van der Waals surface area contributed by atoms with Crippen LogP contribution >= 0.6 is 0 Å². The summed E-state index contributed by atoms with van der Waals surface area (Å²) in [7, 11) is 1.53. The van der Waals surface area contributed by atoms with Gasteiger partial charge in [-0.15, -0.1) is 6.58 Å². The second kappa shape index (κ2) is 11.0. The molecule has 0 unspecified atom stereocenters. The SMILES string of the molecule is C=CCc1cc(/C=C2\C(=O)NC(=O)N(c3ccccc3C)C2=O)cc(OC)c1OCc1ccc(C)cc1. The highest BCUT2D eigenvalue weighted by atomic mass is 16.5. The number of barbiturate groups is 1. The van der Waals surface area contributed by atoms with Crippen LogP contribution in [0.25, 0.3) is 6.08 Å². The summed E-state index contributed by atoms with van der Waals surface area (Å²) in [5, 5.41) is 2.26. The lowest BCUT2D eigenvalue weighted by molar-refractivity contribution is -0.122. The van der Waals surface area contributed by atoms with Gasteiger partial charge in [0.1, 0.15) is 12.2 Å². The van der Waals surface area contributed by atoms with Gasteiger partial charge in [-0.3, -0.25) is 14.9 Å². The van der Waals surface area contributed by atoms with E-state index >= 15 is 0 Å². The molecular weight excluding hydrogens is 468 g/mol. The Morgan fingerprint density at radius 3 is 2.41 bits per heavy atom. The second-order valence-corrected chi connectivity index (χ2v) is 8.72. The fourth-order valence-corrected chi connectivity index (χ4v) is 4.09. The normalized spacial score (nSPS) is 14.5. The van der Waals surface area contributed by atoms with Gasteiger partial charge in [-0.2, -0.15) is 0 Å². The van der Waals surface area contributed by atoms with Crippen LogP contribution in [-0.4, -0.2) is 25.0 Å². The summed E-state index contributed by atoms with van der Waals surface area (Å²) in [6.45, 7) is 7.99. The van der Waals surface area contributed by atoms with Gasteiger partial charge in [-0.1, -0.05) is 54.1 Å². The number of ether oxygens (including phenoxy) is 2. The zero-order valence-electron chi connectivity index (χ0n) is 21.0. The predicted molar refractivity (Wildman–Crippen MR) is 143 cm³/mol. The number of carbonyl (C=O) groups is 3. The third kappa shape index (κ3) is 5.46. The fourth-order valence-electron chi connectivity index (χ4n) is 4.09. The van der Waals surface area contributed by atoms with Crippen molar-refractivity contribution in [2.75, 3.05) is 12.0 Å². The van der Waals surface area contributed by atoms with Crippen LogP contribution in [-0.2, 0) is 22.6 Å². The summed E-state index contributed by atoms with van der Waals surface area (Å²) in [6.07, 6.45) is 3.67. The summed E-state index contributed by atoms with van der Waals surface area (Å²) in [5.41, 5.74) is 4.47. The molecule has 0 bridgehead atoms. The Morgan fingerprint density at radius 1 is 1.00 bits per heavy atom. The van der Waals surface area contributed by atoms with E-state index in [0.717, 1.165) is 27.2 Å². The lowest BCUT2D eigenvalue weighted by Gasteiger charge is -2.27. The summed E-state index contributed by atoms with van der Waals surface area (Å²) in [6, 6.07) is 17.8. The van der Waals surface area contributed by atoms with Crippen molar-refractivity contribution in [3.8, 4) is 11.5 Å². The highest BCUT2D eigenvalue weighted by molar-refractivity contribution is 6.39. The van der Waals surface area contributed by atoms with Crippen molar-refractivity contribution in [1.82, 2.24) is 5.32 Å². The summed E-state index contributed by atoms with van der Waals surface area (Å²) < 4.78 is 11.7. The molecule has 37 heavy (non-hydrogen) atoms. The van der Waals surface area contributed by atoms with Crippen LogP contribution in [0, 0.1) is 13.8 Å². The van der Waals surface area contributed by atoms with Crippen molar-refractivity contribution < 1.29 is 23.9 Å². The molecule has 0 saturated carbocycles. The Bertz CT molecular complexity index is 1410. The van der Waals surface area contributed by atoms with Gasteiger partial charge in [0.15, 0.2) is 11.5 Å². The van der Waals surface area contributed by atoms with Gasteiger partial charge in [-0.25, -0.2) is 9.69 Å². The van der Waals surface area contributed by atoms with Gasteiger partial charge in [-0.05, 0) is 61.2 Å². The van der Waals surface area contributed by atoms with Crippen molar-refractivity contribution in [2.45, 2.75) is 26.9 Å². The smallest absolute Gasteiger partial charge is 0.335 e. The van der Waals surface area contributed by atoms with Crippen molar-refractivity contribution >= 4 is 29.6 Å². The highest BCUT2D eigenvalue weighted by Gasteiger charge is 2.37. The first-order chi connectivity index (χ1) is 17.8. The van der Waals surface area contributed by atoms with E-state index in [-0.39, 0.29) is 5.57 Å². The van der Waals surface area contributed by atoms with Crippen molar-refractivity contribution in [3.05, 3.63) is 107 Å². The largest absolute Gasteiger partial charge is 0.493 e. The van der Waals surface area contributed by atoms with Crippen LogP contribution in [0.4, 0.5) is 10.5 Å². The lowest BCUT2D eigenvalue weighted by atomic mass is 10.0. The number of anilines is 1. The Morgan fingerprint density at radius 2 is 1.73 bits per heavy atom. The molecule has 1 N–H and O–H groups in total. The van der Waals surface area contributed by atoms with Gasteiger partial charge in [0.25, 0.3) is 11.8 Å². The summed E-state index contributed by atoms with van der Waals surface area (Å²) in [5.74, 6) is -0.453. The van der Waals surface area contributed by atoms with Crippen molar-refractivity contribution in [3.63, 3.8) is 0 Å². The van der Waals surface area contributed by atoms with E-state index in [2.05, 4.69) is 11.9 Å². The second-order valence-electron chi connectivity index (χ2n) is 8.72. The number of rotatable bonds is 8. The first-order valence-corrected chi connectivity index (χ1v) is 11.8. The van der Waals surface area contributed by atoms with Crippen LogP contribution in [0.2, 0.25) is 0 Å². The number of hydrogen-bond donors (Lipinski definition) is 1. The molecule has 1 heterocycles. The molecule has 1 saturated heterocycles. The topological polar surface area (TPSA) is 84.9 Å². The third-order valence-corrected chi connectivity index (χ3v) is 6.01. The number of benzene rings is 3. The number of amides is 4. The fraction of sp³-hybridized carbons (Fsp3) is 0.167.